The largest absolute Gasteiger partial charge is 0.376 e. The summed E-state index contributed by atoms with van der Waals surface area (Å²) in [4.78, 5) is 12.2. The Morgan fingerprint density at radius 2 is 1.77 bits per heavy atom. The SMILES string of the molecule is COCn1nc(-c2ccccc2)c(C#CC(O)c2ccccc2)cc1=O. The number of rotatable bonds is 4. The van der Waals surface area contributed by atoms with Crippen molar-refractivity contribution in [3.8, 4) is 23.1 Å². The van der Waals surface area contributed by atoms with E-state index in [-0.39, 0.29) is 12.3 Å². The van der Waals surface area contributed by atoms with Gasteiger partial charge in [0.2, 0.25) is 0 Å². The average molecular weight is 346 g/mol. The highest BCUT2D eigenvalue weighted by molar-refractivity contribution is 5.66. The fourth-order valence-corrected chi connectivity index (χ4v) is 2.47. The molecule has 0 amide bonds. The van der Waals surface area contributed by atoms with Crippen LogP contribution < -0.4 is 5.56 Å². The van der Waals surface area contributed by atoms with Crippen LogP contribution in [0.5, 0.6) is 0 Å². The first-order valence-corrected chi connectivity index (χ1v) is 8.10. The number of aliphatic hydroxyl groups is 1. The summed E-state index contributed by atoms with van der Waals surface area (Å²) >= 11 is 0. The van der Waals surface area contributed by atoms with Crippen molar-refractivity contribution < 1.29 is 9.84 Å². The van der Waals surface area contributed by atoms with E-state index in [9.17, 15) is 9.90 Å². The van der Waals surface area contributed by atoms with Crippen molar-refractivity contribution in [3.05, 3.63) is 88.2 Å². The molecule has 5 heteroatoms. The van der Waals surface area contributed by atoms with E-state index in [1.165, 1.54) is 17.9 Å². The monoisotopic (exact) mass is 346 g/mol. The molecule has 0 saturated carbocycles. The van der Waals surface area contributed by atoms with E-state index in [0.29, 0.717) is 16.8 Å². The van der Waals surface area contributed by atoms with Gasteiger partial charge in [0.25, 0.3) is 5.56 Å². The van der Waals surface area contributed by atoms with Gasteiger partial charge in [-0.05, 0) is 5.56 Å². The van der Waals surface area contributed by atoms with Gasteiger partial charge >= 0.3 is 0 Å². The molecule has 1 aromatic heterocycles. The quantitative estimate of drug-likeness (QED) is 0.738. The van der Waals surface area contributed by atoms with Gasteiger partial charge in [-0.1, -0.05) is 72.5 Å². The predicted molar refractivity (Wildman–Crippen MR) is 99.2 cm³/mol. The van der Waals surface area contributed by atoms with Crippen molar-refractivity contribution >= 4 is 0 Å². The van der Waals surface area contributed by atoms with Gasteiger partial charge in [0.1, 0.15) is 18.5 Å². The minimum atomic E-state index is -0.943. The summed E-state index contributed by atoms with van der Waals surface area (Å²) in [5, 5.41) is 14.6. The molecule has 2 aromatic carbocycles. The molecule has 0 spiro atoms. The van der Waals surface area contributed by atoms with Gasteiger partial charge in [0, 0.05) is 18.7 Å². The molecule has 0 radical (unpaired) electrons. The minimum Gasteiger partial charge on any atom is -0.376 e. The first kappa shape index (κ1) is 17.6. The Hall–Kier alpha value is -3.20. The number of hydrogen-bond donors (Lipinski definition) is 1. The molecule has 1 N–H and O–H groups in total. The smallest absolute Gasteiger partial charge is 0.270 e. The fourth-order valence-electron chi connectivity index (χ4n) is 2.47. The number of hydrogen-bond acceptors (Lipinski definition) is 4. The van der Waals surface area contributed by atoms with Crippen LogP contribution in [0.15, 0.2) is 71.5 Å². The van der Waals surface area contributed by atoms with Crippen molar-refractivity contribution in [2.24, 2.45) is 0 Å². The van der Waals surface area contributed by atoms with Crippen molar-refractivity contribution in [2.45, 2.75) is 12.8 Å². The molecule has 26 heavy (non-hydrogen) atoms. The van der Waals surface area contributed by atoms with Crippen LogP contribution in [0.4, 0.5) is 0 Å². The molecule has 0 saturated heterocycles. The van der Waals surface area contributed by atoms with Gasteiger partial charge in [0.15, 0.2) is 0 Å². The van der Waals surface area contributed by atoms with E-state index >= 15 is 0 Å². The van der Waals surface area contributed by atoms with Crippen LogP contribution in [0.2, 0.25) is 0 Å². The number of nitrogens with zero attached hydrogens (tertiary/aromatic N) is 2. The molecule has 0 fully saturated rings. The average Bonchev–Trinajstić information content (AvgIpc) is 2.69. The molecule has 0 aliphatic rings. The highest BCUT2D eigenvalue weighted by atomic mass is 16.5. The molecule has 3 rings (SSSR count). The van der Waals surface area contributed by atoms with E-state index in [4.69, 9.17) is 4.74 Å². The Bertz CT molecular complexity index is 987. The van der Waals surface area contributed by atoms with Crippen LogP contribution in [0.3, 0.4) is 0 Å². The Labute approximate surface area is 151 Å². The third-order valence-electron chi connectivity index (χ3n) is 3.76. The first-order valence-electron chi connectivity index (χ1n) is 8.10. The molecular weight excluding hydrogens is 328 g/mol. The zero-order valence-corrected chi connectivity index (χ0v) is 14.3. The van der Waals surface area contributed by atoms with Gasteiger partial charge in [-0.2, -0.15) is 5.10 Å². The fraction of sp³-hybridized carbons (Fsp3) is 0.143. The molecule has 1 heterocycles. The predicted octanol–water partition coefficient (Wildman–Crippen LogP) is 2.60. The number of aromatic nitrogens is 2. The number of aliphatic hydroxyl groups excluding tert-OH is 1. The van der Waals surface area contributed by atoms with Crippen molar-refractivity contribution in [2.75, 3.05) is 7.11 Å². The molecule has 0 bridgehead atoms. The van der Waals surface area contributed by atoms with Crippen LogP contribution in [-0.2, 0) is 11.5 Å². The lowest BCUT2D eigenvalue weighted by Gasteiger charge is -2.09. The second-order valence-corrected chi connectivity index (χ2v) is 5.61. The zero-order chi connectivity index (χ0) is 18.4. The molecule has 3 aromatic rings. The van der Waals surface area contributed by atoms with Crippen LogP contribution in [-0.4, -0.2) is 22.0 Å². The number of methoxy groups -OCH3 is 1. The van der Waals surface area contributed by atoms with E-state index < -0.39 is 6.10 Å². The van der Waals surface area contributed by atoms with Crippen LogP contribution >= 0.6 is 0 Å². The number of ether oxygens (including phenoxy) is 1. The Kier molecular flexibility index (Phi) is 5.59. The van der Waals surface area contributed by atoms with Gasteiger partial charge in [-0.15, -0.1) is 0 Å². The van der Waals surface area contributed by atoms with Gasteiger partial charge in [-0.3, -0.25) is 4.79 Å². The molecule has 1 unspecified atom stereocenters. The highest BCUT2D eigenvalue weighted by Gasteiger charge is 2.10. The summed E-state index contributed by atoms with van der Waals surface area (Å²) in [6.45, 7) is 0.0546. The molecule has 1 atom stereocenters. The zero-order valence-electron chi connectivity index (χ0n) is 14.3. The van der Waals surface area contributed by atoms with Crippen molar-refractivity contribution in [3.63, 3.8) is 0 Å². The third-order valence-corrected chi connectivity index (χ3v) is 3.76. The van der Waals surface area contributed by atoms with E-state index in [1.54, 1.807) is 12.1 Å². The molecule has 0 aliphatic heterocycles. The van der Waals surface area contributed by atoms with Crippen molar-refractivity contribution in [1.82, 2.24) is 9.78 Å². The van der Waals surface area contributed by atoms with E-state index in [0.717, 1.165) is 5.56 Å². The summed E-state index contributed by atoms with van der Waals surface area (Å²) in [5.41, 5.74) is 2.24. The Morgan fingerprint density at radius 1 is 1.12 bits per heavy atom. The summed E-state index contributed by atoms with van der Waals surface area (Å²) in [6.07, 6.45) is -0.943. The van der Waals surface area contributed by atoms with Crippen molar-refractivity contribution in [1.29, 1.82) is 0 Å². The number of benzene rings is 2. The molecule has 130 valence electrons. The summed E-state index contributed by atoms with van der Waals surface area (Å²) in [7, 11) is 1.50. The topological polar surface area (TPSA) is 64.3 Å². The second kappa shape index (κ2) is 8.26. The normalized spacial score (nSPS) is 11.5. The molecule has 0 aliphatic carbocycles. The second-order valence-electron chi connectivity index (χ2n) is 5.61. The van der Waals surface area contributed by atoms with Gasteiger partial charge < -0.3 is 9.84 Å². The van der Waals surface area contributed by atoms with E-state index in [2.05, 4.69) is 16.9 Å². The van der Waals surface area contributed by atoms with Crippen LogP contribution in [0, 0.1) is 11.8 Å². The Morgan fingerprint density at radius 3 is 2.42 bits per heavy atom. The maximum Gasteiger partial charge on any atom is 0.270 e. The highest BCUT2D eigenvalue weighted by Crippen LogP contribution is 2.19. The minimum absolute atomic E-state index is 0.0546. The maximum atomic E-state index is 12.2. The molecule has 5 nitrogen and oxygen atoms in total. The summed E-state index contributed by atoms with van der Waals surface area (Å²) in [6, 6.07) is 20.0. The van der Waals surface area contributed by atoms with E-state index in [1.807, 2.05) is 48.5 Å². The lowest BCUT2D eigenvalue weighted by molar-refractivity contribution is 0.116. The maximum absolute atomic E-state index is 12.2. The standard InChI is InChI=1S/C21H18N2O3/c1-26-15-23-20(25)14-18(21(22-23)17-10-6-3-7-11-17)12-13-19(24)16-8-4-2-5-9-16/h2-11,14,19,24H,15H2,1H3. The Balaban J connectivity index is 2.05. The molecular formula is C21H18N2O3. The van der Waals surface area contributed by atoms with Crippen LogP contribution in [0.25, 0.3) is 11.3 Å². The summed E-state index contributed by atoms with van der Waals surface area (Å²) in [5.74, 6) is 5.69. The van der Waals surface area contributed by atoms with Gasteiger partial charge in [0.05, 0.1) is 5.56 Å². The lowest BCUT2D eigenvalue weighted by atomic mass is 10.1. The third kappa shape index (κ3) is 4.06. The van der Waals surface area contributed by atoms with Gasteiger partial charge in [-0.25, -0.2) is 4.68 Å². The first-order chi connectivity index (χ1) is 12.7. The summed E-state index contributed by atoms with van der Waals surface area (Å²) < 4.78 is 6.26. The van der Waals surface area contributed by atoms with Crippen LogP contribution in [0.1, 0.15) is 17.2 Å². The lowest BCUT2D eigenvalue weighted by Crippen LogP contribution is -2.24.